The molecule has 0 unspecified atom stereocenters. The van der Waals surface area contributed by atoms with Crippen LogP contribution in [-0.4, -0.2) is 60.2 Å². The Balaban J connectivity index is 0.000000516. The lowest BCUT2D eigenvalue weighted by Gasteiger charge is -2.12. The van der Waals surface area contributed by atoms with Gasteiger partial charge >= 0.3 is 18.1 Å². The molecular formula is C18H18F3N3O5. The van der Waals surface area contributed by atoms with Gasteiger partial charge < -0.3 is 20.1 Å². The highest BCUT2D eigenvalue weighted by Crippen LogP contribution is 2.18. The molecule has 0 saturated heterocycles. The van der Waals surface area contributed by atoms with Gasteiger partial charge in [0.2, 0.25) is 0 Å². The molecule has 0 saturated carbocycles. The largest absolute Gasteiger partial charge is 0.490 e. The highest BCUT2D eigenvalue weighted by molar-refractivity contribution is 5.95. The summed E-state index contributed by atoms with van der Waals surface area (Å²) in [5, 5.41) is 10.2. The number of ether oxygens (including phenoxy) is 1. The number of benzene rings is 1. The maximum atomic E-state index is 12.0. The second kappa shape index (κ2) is 10.1. The van der Waals surface area contributed by atoms with Gasteiger partial charge in [0.1, 0.15) is 5.82 Å². The van der Waals surface area contributed by atoms with Crippen LogP contribution in [0.1, 0.15) is 20.7 Å². The van der Waals surface area contributed by atoms with Gasteiger partial charge in [-0.05, 0) is 30.3 Å². The fraction of sp³-hybridized carbons (Fsp3) is 0.222. The Kier molecular flexibility index (Phi) is 8.12. The van der Waals surface area contributed by atoms with Crippen molar-refractivity contribution in [3.8, 4) is 0 Å². The number of anilines is 2. The Bertz CT molecular complexity index is 885. The Hall–Kier alpha value is -3.63. The van der Waals surface area contributed by atoms with E-state index in [1.807, 2.05) is 6.07 Å². The lowest BCUT2D eigenvalue weighted by Crippen LogP contribution is -2.21. The maximum absolute atomic E-state index is 12.0. The van der Waals surface area contributed by atoms with E-state index in [4.69, 9.17) is 9.90 Å². The minimum atomic E-state index is -5.08. The number of carbonyl (C=O) groups is 3. The number of alkyl halides is 3. The zero-order valence-corrected chi connectivity index (χ0v) is 15.6. The normalized spacial score (nSPS) is 10.3. The van der Waals surface area contributed by atoms with E-state index in [1.165, 1.54) is 18.2 Å². The molecule has 0 bridgehead atoms. The summed E-state index contributed by atoms with van der Waals surface area (Å²) in [4.78, 5) is 38.0. The highest BCUT2D eigenvalue weighted by atomic mass is 19.4. The van der Waals surface area contributed by atoms with Crippen LogP contribution in [0.15, 0.2) is 42.6 Å². The van der Waals surface area contributed by atoms with Crippen LogP contribution in [0.3, 0.4) is 0 Å². The molecule has 0 spiro atoms. The standard InChI is InChI=1S/C16H17N3O3.C2HF3O2/c1-19(2)15(20)11-5-4-6-13(9-11)18-14-10-12(7-8-17-14)16(21)22-3;3-2(4,5)1(6)7/h4-10H,1-3H3,(H,17,18);(H,6,7). The van der Waals surface area contributed by atoms with Crippen LogP contribution in [-0.2, 0) is 9.53 Å². The van der Waals surface area contributed by atoms with Crippen molar-refractivity contribution in [2.75, 3.05) is 26.5 Å². The molecule has 0 aliphatic heterocycles. The maximum Gasteiger partial charge on any atom is 0.490 e. The van der Waals surface area contributed by atoms with Crippen molar-refractivity contribution in [3.63, 3.8) is 0 Å². The van der Waals surface area contributed by atoms with Gasteiger partial charge in [-0.2, -0.15) is 13.2 Å². The van der Waals surface area contributed by atoms with Crippen molar-refractivity contribution in [1.29, 1.82) is 0 Å². The van der Waals surface area contributed by atoms with Crippen molar-refractivity contribution in [2.24, 2.45) is 0 Å². The number of aliphatic carboxylic acids is 1. The highest BCUT2D eigenvalue weighted by Gasteiger charge is 2.38. The minimum absolute atomic E-state index is 0.0834. The molecule has 0 fully saturated rings. The topological polar surface area (TPSA) is 109 Å². The summed E-state index contributed by atoms with van der Waals surface area (Å²) in [6, 6.07) is 10.2. The number of carbonyl (C=O) groups excluding carboxylic acids is 2. The number of methoxy groups -OCH3 is 1. The van der Waals surface area contributed by atoms with E-state index in [-0.39, 0.29) is 5.91 Å². The number of hydrogen-bond donors (Lipinski definition) is 2. The van der Waals surface area contributed by atoms with Crippen LogP contribution < -0.4 is 5.32 Å². The first-order valence-electron chi connectivity index (χ1n) is 7.89. The lowest BCUT2D eigenvalue weighted by molar-refractivity contribution is -0.192. The van der Waals surface area contributed by atoms with E-state index < -0.39 is 18.1 Å². The zero-order valence-electron chi connectivity index (χ0n) is 15.6. The van der Waals surface area contributed by atoms with E-state index in [0.29, 0.717) is 22.6 Å². The van der Waals surface area contributed by atoms with Crippen LogP contribution in [0.2, 0.25) is 0 Å². The summed E-state index contributed by atoms with van der Waals surface area (Å²) in [6.45, 7) is 0. The van der Waals surface area contributed by atoms with E-state index in [1.54, 1.807) is 44.4 Å². The molecule has 8 nitrogen and oxygen atoms in total. The quantitative estimate of drug-likeness (QED) is 0.742. The molecule has 1 aromatic heterocycles. The summed E-state index contributed by atoms with van der Waals surface area (Å²) in [5.41, 5.74) is 1.68. The second-order valence-corrected chi connectivity index (χ2v) is 5.63. The molecule has 1 aromatic carbocycles. The van der Waals surface area contributed by atoms with Gasteiger partial charge in [0.25, 0.3) is 5.91 Å². The predicted molar refractivity (Wildman–Crippen MR) is 97.0 cm³/mol. The van der Waals surface area contributed by atoms with Crippen molar-refractivity contribution >= 4 is 29.4 Å². The fourth-order valence-electron chi connectivity index (χ4n) is 1.88. The third kappa shape index (κ3) is 7.48. The Morgan fingerprint density at radius 3 is 2.24 bits per heavy atom. The van der Waals surface area contributed by atoms with Gasteiger partial charge in [-0.25, -0.2) is 14.6 Å². The van der Waals surface area contributed by atoms with Gasteiger partial charge in [0, 0.05) is 31.5 Å². The number of carboxylic acids is 1. The zero-order chi connectivity index (χ0) is 22.2. The number of halogens is 3. The summed E-state index contributed by atoms with van der Waals surface area (Å²) >= 11 is 0. The van der Waals surface area contributed by atoms with Gasteiger partial charge in [-0.15, -0.1) is 0 Å². The van der Waals surface area contributed by atoms with Crippen LogP contribution in [0, 0.1) is 0 Å². The number of nitrogens with zero attached hydrogens (tertiary/aromatic N) is 2. The molecule has 0 aliphatic rings. The summed E-state index contributed by atoms with van der Waals surface area (Å²) < 4.78 is 36.4. The molecule has 1 heterocycles. The number of pyridine rings is 1. The number of amides is 1. The number of hydrogen-bond acceptors (Lipinski definition) is 6. The fourth-order valence-corrected chi connectivity index (χ4v) is 1.88. The number of rotatable bonds is 4. The van der Waals surface area contributed by atoms with E-state index in [9.17, 15) is 22.8 Å². The SMILES string of the molecule is COC(=O)c1ccnc(Nc2cccc(C(=O)N(C)C)c2)c1.O=C(O)C(F)(F)F. The smallest absolute Gasteiger partial charge is 0.475 e. The van der Waals surface area contributed by atoms with Gasteiger partial charge in [-0.3, -0.25) is 4.79 Å². The molecule has 2 N–H and O–H groups in total. The molecule has 2 aromatic rings. The van der Waals surface area contributed by atoms with Crippen LogP contribution >= 0.6 is 0 Å². The Morgan fingerprint density at radius 1 is 1.10 bits per heavy atom. The predicted octanol–water partition coefficient (Wildman–Crippen LogP) is 2.95. The van der Waals surface area contributed by atoms with Crippen LogP contribution in [0.5, 0.6) is 0 Å². The van der Waals surface area contributed by atoms with Crippen molar-refractivity contribution in [1.82, 2.24) is 9.88 Å². The van der Waals surface area contributed by atoms with Gasteiger partial charge in [0.15, 0.2) is 0 Å². The Morgan fingerprint density at radius 2 is 1.72 bits per heavy atom. The third-order valence-corrected chi connectivity index (χ3v) is 3.21. The second-order valence-electron chi connectivity index (χ2n) is 5.63. The first-order chi connectivity index (χ1) is 13.5. The molecule has 2 rings (SSSR count). The van der Waals surface area contributed by atoms with E-state index >= 15 is 0 Å². The van der Waals surface area contributed by atoms with E-state index in [2.05, 4.69) is 15.0 Å². The lowest BCUT2D eigenvalue weighted by atomic mass is 10.2. The van der Waals surface area contributed by atoms with Gasteiger partial charge in [-0.1, -0.05) is 6.07 Å². The van der Waals surface area contributed by atoms with Crippen molar-refractivity contribution in [2.45, 2.75) is 6.18 Å². The number of aromatic nitrogens is 1. The molecule has 1 amide bonds. The van der Waals surface area contributed by atoms with Crippen molar-refractivity contribution in [3.05, 3.63) is 53.7 Å². The Labute approximate surface area is 163 Å². The molecule has 0 atom stereocenters. The first kappa shape index (κ1) is 23.4. The number of esters is 1. The van der Waals surface area contributed by atoms with Crippen molar-refractivity contribution < 1.29 is 37.4 Å². The van der Waals surface area contributed by atoms with Crippen LogP contribution in [0.25, 0.3) is 0 Å². The average Bonchev–Trinajstić information content (AvgIpc) is 2.66. The molecule has 11 heteroatoms. The summed E-state index contributed by atoms with van der Waals surface area (Å²) in [6.07, 6.45) is -3.57. The molecule has 0 aliphatic carbocycles. The average molecular weight is 413 g/mol. The summed E-state index contributed by atoms with van der Waals surface area (Å²) in [7, 11) is 4.72. The summed E-state index contributed by atoms with van der Waals surface area (Å²) in [5.74, 6) is -2.77. The molecular weight excluding hydrogens is 395 g/mol. The third-order valence-electron chi connectivity index (χ3n) is 3.21. The van der Waals surface area contributed by atoms with Crippen LogP contribution in [0.4, 0.5) is 24.7 Å². The number of carboxylic acid groups (broad SMARTS) is 1. The monoisotopic (exact) mass is 413 g/mol. The molecule has 0 radical (unpaired) electrons. The van der Waals surface area contributed by atoms with Gasteiger partial charge in [0.05, 0.1) is 12.7 Å². The minimum Gasteiger partial charge on any atom is -0.475 e. The number of nitrogens with one attached hydrogen (secondary N) is 1. The van der Waals surface area contributed by atoms with E-state index in [0.717, 1.165) is 0 Å². The molecule has 156 valence electrons. The first-order valence-corrected chi connectivity index (χ1v) is 7.89. The molecule has 29 heavy (non-hydrogen) atoms.